The van der Waals surface area contributed by atoms with Crippen LogP contribution in [0.2, 0.25) is 0 Å². The van der Waals surface area contributed by atoms with E-state index in [1.54, 1.807) is 6.07 Å². The molecule has 3 rings (SSSR count). The van der Waals surface area contributed by atoms with Gasteiger partial charge in [-0.05, 0) is 26.0 Å². The van der Waals surface area contributed by atoms with Crippen molar-refractivity contribution in [3.8, 4) is 0 Å². The number of allylic oxidation sites excluding steroid dienone is 1. The van der Waals surface area contributed by atoms with Gasteiger partial charge in [-0.2, -0.15) is 0 Å². The summed E-state index contributed by atoms with van der Waals surface area (Å²) < 4.78 is 16.3. The normalized spacial score (nSPS) is 10.9. The molecule has 10 heteroatoms. The Bertz CT molecular complexity index is 1210. The molecule has 0 aliphatic heterocycles. The lowest BCUT2D eigenvalue weighted by molar-refractivity contribution is -0.116. The summed E-state index contributed by atoms with van der Waals surface area (Å²) in [5, 5.41) is 3.04. The van der Waals surface area contributed by atoms with Crippen LogP contribution in [0.1, 0.15) is 13.8 Å². The van der Waals surface area contributed by atoms with Crippen LogP contribution in [-0.2, 0) is 17.9 Å². The zero-order valence-corrected chi connectivity index (χ0v) is 17.5. The van der Waals surface area contributed by atoms with Gasteiger partial charge in [0.25, 0.3) is 5.56 Å². The van der Waals surface area contributed by atoms with Gasteiger partial charge in [0, 0.05) is 19.6 Å². The molecule has 1 N–H and O–H groups in total. The minimum absolute atomic E-state index is 0.00103. The largest absolute Gasteiger partial charge is 0.349 e. The number of para-hydroxylation sites is 1. The van der Waals surface area contributed by atoms with Crippen molar-refractivity contribution in [2.45, 2.75) is 26.9 Å². The SMILES string of the molecule is C=CCn1c(=O)c2sc(N(CC)CC)nc2n(CC(=O)Nc2ccccc2F)c1=O. The molecule has 0 aliphatic rings. The molecule has 0 spiro atoms. The highest BCUT2D eigenvalue weighted by Gasteiger charge is 2.21. The third-order valence-corrected chi connectivity index (χ3v) is 5.64. The van der Waals surface area contributed by atoms with Crippen molar-refractivity contribution >= 4 is 38.4 Å². The van der Waals surface area contributed by atoms with Crippen molar-refractivity contribution in [2.24, 2.45) is 0 Å². The predicted molar refractivity (Wildman–Crippen MR) is 117 cm³/mol. The number of hydrogen-bond donors (Lipinski definition) is 1. The zero-order valence-electron chi connectivity index (χ0n) is 16.7. The van der Waals surface area contributed by atoms with Crippen molar-refractivity contribution in [1.29, 1.82) is 0 Å². The Hall–Kier alpha value is -3.27. The number of nitrogens with zero attached hydrogens (tertiary/aromatic N) is 4. The van der Waals surface area contributed by atoms with Gasteiger partial charge >= 0.3 is 5.69 Å². The molecule has 0 bridgehead atoms. The summed E-state index contributed by atoms with van der Waals surface area (Å²) in [6, 6.07) is 5.74. The fourth-order valence-electron chi connectivity index (χ4n) is 3.03. The smallest absolute Gasteiger partial charge is 0.333 e. The predicted octanol–water partition coefficient (Wildman–Crippen LogP) is 2.43. The maximum atomic E-state index is 13.9. The van der Waals surface area contributed by atoms with Crippen LogP contribution in [0.25, 0.3) is 10.3 Å². The molecular weight excluding hydrogens is 409 g/mol. The van der Waals surface area contributed by atoms with Crippen molar-refractivity contribution in [3.63, 3.8) is 0 Å². The number of anilines is 2. The molecule has 1 aromatic carbocycles. The second-order valence-corrected chi connectivity index (χ2v) is 7.40. The van der Waals surface area contributed by atoms with Gasteiger partial charge in [0.05, 0.1) is 5.69 Å². The first-order valence-corrected chi connectivity index (χ1v) is 10.3. The number of hydrogen-bond acceptors (Lipinski definition) is 6. The van der Waals surface area contributed by atoms with Crippen LogP contribution in [0.5, 0.6) is 0 Å². The molecule has 158 valence electrons. The van der Waals surface area contributed by atoms with Crippen LogP contribution < -0.4 is 21.5 Å². The van der Waals surface area contributed by atoms with E-state index < -0.39 is 29.5 Å². The molecule has 0 saturated carbocycles. The second-order valence-electron chi connectivity index (χ2n) is 6.42. The Balaban J connectivity index is 2.10. The number of amides is 1. The van der Waals surface area contributed by atoms with Crippen LogP contribution in [0.4, 0.5) is 15.2 Å². The summed E-state index contributed by atoms with van der Waals surface area (Å²) >= 11 is 1.17. The number of carbonyl (C=O) groups excluding carboxylic acids is 1. The van der Waals surface area contributed by atoms with Gasteiger partial charge in [-0.25, -0.2) is 14.2 Å². The van der Waals surface area contributed by atoms with E-state index in [2.05, 4.69) is 16.9 Å². The summed E-state index contributed by atoms with van der Waals surface area (Å²) in [5.74, 6) is -1.19. The molecule has 2 heterocycles. The van der Waals surface area contributed by atoms with E-state index in [4.69, 9.17) is 0 Å². The first-order valence-electron chi connectivity index (χ1n) is 9.45. The van der Waals surface area contributed by atoms with Gasteiger partial charge < -0.3 is 10.2 Å². The fourth-order valence-corrected chi connectivity index (χ4v) is 4.17. The van der Waals surface area contributed by atoms with Crippen molar-refractivity contribution in [1.82, 2.24) is 14.1 Å². The maximum absolute atomic E-state index is 13.9. The Labute approximate surface area is 175 Å². The average Bonchev–Trinajstić information content (AvgIpc) is 3.16. The third kappa shape index (κ3) is 4.04. The molecular formula is C20H22FN5O3S. The lowest BCUT2D eigenvalue weighted by Gasteiger charge is -2.16. The van der Waals surface area contributed by atoms with Crippen LogP contribution in [-0.4, -0.2) is 33.1 Å². The van der Waals surface area contributed by atoms with Gasteiger partial charge in [0.15, 0.2) is 10.8 Å². The average molecular weight is 431 g/mol. The summed E-state index contributed by atoms with van der Waals surface area (Å²) in [4.78, 5) is 44.8. The topological polar surface area (TPSA) is 89.2 Å². The molecule has 30 heavy (non-hydrogen) atoms. The van der Waals surface area contributed by atoms with Crippen LogP contribution >= 0.6 is 11.3 Å². The van der Waals surface area contributed by atoms with E-state index >= 15 is 0 Å². The Kier molecular flexibility index (Phi) is 6.46. The van der Waals surface area contributed by atoms with E-state index in [0.717, 1.165) is 9.13 Å². The van der Waals surface area contributed by atoms with Gasteiger partial charge in [0.1, 0.15) is 17.1 Å². The Morgan fingerprint density at radius 2 is 1.97 bits per heavy atom. The molecule has 0 atom stereocenters. The number of halogens is 1. The molecule has 0 aliphatic carbocycles. The lowest BCUT2D eigenvalue weighted by Crippen LogP contribution is -2.41. The number of thiazole rings is 1. The van der Waals surface area contributed by atoms with E-state index in [1.807, 2.05) is 18.7 Å². The minimum atomic E-state index is -0.674. The Morgan fingerprint density at radius 3 is 2.60 bits per heavy atom. The summed E-state index contributed by atoms with van der Waals surface area (Å²) in [6.45, 7) is 8.44. The highest BCUT2D eigenvalue weighted by atomic mass is 32.1. The van der Waals surface area contributed by atoms with Gasteiger partial charge in [0.2, 0.25) is 5.91 Å². The monoisotopic (exact) mass is 431 g/mol. The van der Waals surface area contributed by atoms with Crippen molar-refractivity contribution in [3.05, 3.63) is 63.6 Å². The highest BCUT2D eigenvalue weighted by Crippen LogP contribution is 2.25. The number of carbonyl (C=O) groups is 1. The van der Waals surface area contributed by atoms with Crippen molar-refractivity contribution < 1.29 is 9.18 Å². The van der Waals surface area contributed by atoms with E-state index in [9.17, 15) is 18.8 Å². The standard InChI is InChI=1S/C20H22FN5O3S/c1-4-11-25-18(28)16-17(23-19(30-16)24(5-2)6-3)26(20(25)29)12-15(27)22-14-10-8-7-9-13(14)21/h4,7-10H,1,5-6,11-12H2,2-3H3,(H,22,27). The van der Waals surface area contributed by atoms with Crippen LogP contribution in [0.15, 0.2) is 46.5 Å². The molecule has 1 amide bonds. The number of fused-ring (bicyclic) bond motifs is 1. The minimum Gasteiger partial charge on any atom is -0.349 e. The molecule has 8 nitrogen and oxygen atoms in total. The van der Waals surface area contributed by atoms with Crippen LogP contribution in [0.3, 0.4) is 0 Å². The van der Waals surface area contributed by atoms with Crippen molar-refractivity contribution in [2.75, 3.05) is 23.3 Å². The molecule has 0 saturated heterocycles. The van der Waals surface area contributed by atoms with Crippen LogP contribution in [0, 0.1) is 5.82 Å². The van der Waals surface area contributed by atoms with Gasteiger partial charge in [-0.3, -0.25) is 18.7 Å². The summed E-state index contributed by atoms with van der Waals surface area (Å²) in [5.41, 5.74) is -1.00. The third-order valence-electron chi connectivity index (χ3n) is 4.55. The molecule has 0 fully saturated rings. The Morgan fingerprint density at radius 1 is 1.27 bits per heavy atom. The molecule has 0 radical (unpaired) electrons. The van der Waals surface area contributed by atoms with E-state index in [-0.39, 0.29) is 22.6 Å². The quantitative estimate of drug-likeness (QED) is 0.554. The maximum Gasteiger partial charge on any atom is 0.333 e. The zero-order chi connectivity index (χ0) is 21.8. The van der Waals surface area contributed by atoms with Gasteiger partial charge in [-0.15, -0.1) is 6.58 Å². The summed E-state index contributed by atoms with van der Waals surface area (Å²) in [6.07, 6.45) is 1.44. The number of benzene rings is 1. The summed E-state index contributed by atoms with van der Waals surface area (Å²) in [7, 11) is 0. The first-order chi connectivity index (χ1) is 14.4. The number of aromatic nitrogens is 3. The first kappa shape index (κ1) is 21.4. The molecule has 0 unspecified atom stereocenters. The highest BCUT2D eigenvalue weighted by molar-refractivity contribution is 7.22. The molecule has 2 aromatic heterocycles. The van der Waals surface area contributed by atoms with E-state index in [0.29, 0.717) is 18.2 Å². The molecule has 3 aromatic rings. The fraction of sp³-hybridized carbons (Fsp3) is 0.300. The second kappa shape index (κ2) is 9.04. The lowest BCUT2D eigenvalue weighted by atomic mass is 10.3. The number of rotatable bonds is 8. The van der Waals surface area contributed by atoms with Gasteiger partial charge in [-0.1, -0.05) is 29.5 Å². The van der Waals surface area contributed by atoms with E-state index in [1.165, 1.54) is 35.6 Å². The number of nitrogens with one attached hydrogen (secondary N) is 1.